The molecule has 1 unspecified atom stereocenters. The Morgan fingerprint density at radius 3 is 2.07 bits per heavy atom. The summed E-state index contributed by atoms with van der Waals surface area (Å²) in [5, 5.41) is 0. The van der Waals surface area contributed by atoms with Crippen LogP contribution in [0.3, 0.4) is 0 Å². The van der Waals surface area contributed by atoms with Crippen LogP contribution in [0.2, 0.25) is 0 Å². The third-order valence-electron chi connectivity index (χ3n) is 2.40. The minimum atomic E-state index is -3.06. The highest BCUT2D eigenvalue weighted by atomic mass is 31.1. The molecule has 14 heavy (non-hydrogen) atoms. The zero-order chi connectivity index (χ0) is 11.4. The number of rotatable bonds is 6. The molecule has 0 radical (unpaired) electrons. The largest absolute Gasteiger partial charge is 0.326 e. The molecule has 0 rings (SSSR count). The van der Waals surface area contributed by atoms with E-state index in [4.69, 9.17) is 9.42 Å². The van der Waals surface area contributed by atoms with E-state index in [2.05, 4.69) is 0 Å². The highest BCUT2D eigenvalue weighted by Crippen LogP contribution is 2.34. The van der Waals surface area contributed by atoms with Gasteiger partial charge < -0.3 is 4.89 Å². The van der Waals surface area contributed by atoms with Gasteiger partial charge in [-0.2, -0.15) is 0 Å². The molecule has 0 aliphatic rings. The number of carbonyl (C=O) groups is 1. The van der Waals surface area contributed by atoms with Crippen molar-refractivity contribution in [3.63, 3.8) is 0 Å². The Balaban J connectivity index is 4.86. The second-order valence-electron chi connectivity index (χ2n) is 3.59. The molecule has 1 N–H and O–H groups in total. The van der Waals surface area contributed by atoms with Gasteiger partial charge in [0.25, 0.3) is 0 Å². The molecule has 0 spiro atoms. The van der Waals surface area contributed by atoms with Crippen molar-refractivity contribution in [3.05, 3.63) is 0 Å². The fourth-order valence-corrected chi connectivity index (χ4v) is 2.21. The summed E-state index contributed by atoms with van der Waals surface area (Å²) in [5.41, 5.74) is -1.07. The van der Waals surface area contributed by atoms with Crippen molar-refractivity contribution in [2.75, 3.05) is 0 Å². The Morgan fingerprint density at radius 1 is 1.43 bits per heavy atom. The molecule has 1 atom stereocenters. The molecule has 0 aromatic rings. The second-order valence-corrected chi connectivity index (χ2v) is 4.32. The molecule has 5 heteroatoms. The average molecular weight is 222 g/mol. The van der Waals surface area contributed by atoms with E-state index in [1.807, 2.05) is 0 Å². The molecule has 0 fully saturated rings. The summed E-state index contributed by atoms with van der Waals surface area (Å²) in [7, 11) is -3.06. The smallest absolute Gasteiger partial charge is 0.317 e. The van der Waals surface area contributed by atoms with Gasteiger partial charge in [0.05, 0.1) is 0 Å². The lowest BCUT2D eigenvalue weighted by Crippen LogP contribution is -2.41. The van der Waals surface area contributed by atoms with E-state index in [1.54, 1.807) is 27.7 Å². The molecule has 0 aromatic carbocycles. The van der Waals surface area contributed by atoms with E-state index in [1.165, 1.54) is 0 Å². The van der Waals surface area contributed by atoms with Gasteiger partial charge in [0.2, 0.25) is 0 Å². The molecule has 0 aliphatic heterocycles. The molecule has 0 bridgehead atoms. The van der Waals surface area contributed by atoms with Crippen LogP contribution in [0, 0.1) is 5.92 Å². The molecule has 84 valence electrons. The number of carbonyl (C=O) groups excluding carboxylic acids is 1. The molecular formula is C9H19O4P. The summed E-state index contributed by atoms with van der Waals surface area (Å²) >= 11 is 0. The Labute approximate surface area is 85.6 Å². The number of Topliss-reactive ketones (excluding diaryl/α,β-unsaturated/α-hetero) is 1. The van der Waals surface area contributed by atoms with E-state index in [-0.39, 0.29) is 11.7 Å². The van der Waals surface area contributed by atoms with Crippen molar-refractivity contribution in [2.24, 2.45) is 5.92 Å². The Morgan fingerprint density at radius 2 is 1.86 bits per heavy atom. The summed E-state index contributed by atoms with van der Waals surface area (Å²) in [6.45, 7) is 7.10. The van der Waals surface area contributed by atoms with Crippen molar-refractivity contribution >= 4 is 14.0 Å². The fraction of sp³-hybridized carbons (Fsp3) is 0.889. The van der Waals surface area contributed by atoms with Gasteiger partial charge in [-0.25, -0.2) is 0 Å². The van der Waals surface area contributed by atoms with Gasteiger partial charge in [0.15, 0.2) is 5.78 Å². The van der Waals surface area contributed by atoms with E-state index in [0.29, 0.717) is 12.8 Å². The first kappa shape index (κ1) is 13.8. The summed E-state index contributed by atoms with van der Waals surface area (Å²) in [5.74, 6) is -0.286. The molecule has 0 amide bonds. The zero-order valence-corrected chi connectivity index (χ0v) is 10.2. The van der Waals surface area contributed by atoms with Gasteiger partial charge in [-0.3, -0.25) is 13.9 Å². The van der Waals surface area contributed by atoms with Crippen LogP contribution in [0.15, 0.2) is 0 Å². The predicted molar refractivity (Wildman–Crippen MR) is 55.5 cm³/mol. The van der Waals surface area contributed by atoms with Crippen molar-refractivity contribution in [2.45, 2.75) is 46.1 Å². The number of hydrogen-bond acceptors (Lipinski definition) is 3. The lowest BCUT2D eigenvalue weighted by molar-refractivity contribution is -0.138. The summed E-state index contributed by atoms with van der Waals surface area (Å²) in [4.78, 5) is 20.6. The SMILES string of the molecule is CCC(CC)(O[PH](=O)O)C(=O)C(C)C. The van der Waals surface area contributed by atoms with Gasteiger partial charge in [-0.05, 0) is 12.8 Å². The summed E-state index contributed by atoms with van der Waals surface area (Å²) in [6.07, 6.45) is 0.856. The van der Waals surface area contributed by atoms with E-state index < -0.39 is 13.9 Å². The third kappa shape index (κ3) is 3.19. The van der Waals surface area contributed by atoms with Crippen molar-refractivity contribution in [1.82, 2.24) is 0 Å². The first-order valence-electron chi connectivity index (χ1n) is 4.85. The Kier molecular flexibility index (Phi) is 5.57. The van der Waals surface area contributed by atoms with Gasteiger partial charge in [0.1, 0.15) is 5.60 Å². The Hall–Kier alpha value is -0.180. The van der Waals surface area contributed by atoms with Crippen LogP contribution in [-0.4, -0.2) is 16.3 Å². The van der Waals surface area contributed by atoms with Crippen LogP contribution in [0.25, 0.3) is 0 Å². The normalized spacial score (nSPS) is 14.4. The molecule has 0 aliphatic carbocycles. The molecule has 0 saturated carbocycles. The fourth-order valence-electron chi connectivity index (χ4n) is 1.49. The molecule has 4 nitrogen and oxygen atoms in total. The van der Waals surface area contributed by atoms with Crippen LogP contribution >= 0.6 is 8.25 Å². The summed E-state index contributed by atoms with van der Waals surface area (Å²) in [6, 6.07) is 0. The third-order valence-corrected chi connectivity index (χ3v) is 2.96. The topological polar surface area (TPSA) is 63.6 Å². The van der Waals surface area contributed by atoms with Crippen LogP contribution in [0.5, 0.6) is 0 Å². The zero-order valence-electron chi connectivity index (χ0n) is 9.16. The minimum Gasteiger partial charge on any atom is -0.326 e. The van der Waals surface area contributed by atoms with E-state index >= 15 is 0 Å². The second kappa shape index (κ2) is 5.64. The molecule has 0 saturated heterocycles. The van der Waals surface area contributed by atoms with Crippen LogP contribution in [0.4, 0.5) is 0 Å². The van der Waals surface area contributed by atoms with Crippen LogP contribution in [0.1, 0.15) is 40.5 Å². The average Bonchev–Trinajstić information content (AvgIpc) is 2.12. The molecule has 0 aromatic heterocycles. The van der Waals surface area contributed by atoms with Gasteiger partial charge in [-0.1, -0.05) is 27.7 Å². The first-order valence-corrected chi connectivity index (χ1v) is 6.12. The van der Waals surface area contributed by atoms with Crippen molar-refractivity contribution < 1.29 is 18.8 Å². The van der Waals surface area contributed by atoms with E-state index in [9.17, 15) is 9.36 Å². The highest BCUT2D eigenvalue weighted by molar-refractivity contribution is 7.32. The standard InChI is InChI=1S/C9H19O4P/c1-5-9(6-2,13-14(11)12)8(10)7(3)4/h7,14H,5-6H2,1-4H3,(H,11,12). The van der Waals surface area contributed by atoms with Gasteiger partial charge in [0, 0.05) is 5.92 Å². The molecule has 0 heterocycles. The lowest BCUT2D eigenvalue weighted by Gasteiger charge is -2.30. The van der Waals surface area contributed by atoms with Crippen LogP contribution in [-0.2, 0) is 13.9 Å². The van der Waals surface area contributed by atoms with Gasteiger partial charge in [-0.15, -0.1) is 0 Å². The first-order chi connectivity index (χ1) is 6.39. The maximum absolute atomic E-state index is 11.8. The van der Waals surface area contributed by atoms with Crippen LogP contribution < -0.4 is 0 Å². The summed E-state index contributed by atoms with van der Waals surface area (Å²) < 4.78 is 15.6. The minimum absolute atomic E-state index is 0.102. The van der Waals surface area contributed by atoms with Crippen molar-refractivity contribution in [1.29, 1.82) is 0 Å². The number of hydrogen-bond donors (Lipinski definition) is 1. The maximum Gasteiger partial charge on any atom is 0.317 e. The van der Waals surface area contributed by atoms with E-state index in [0.717, 1.165) is 0 Å². The number of ketones is 1. The lowest BCUT2D eigenvalue weighted by atomic mass is 9.86. The quantitative estimate of drug-likeness (QED) is 0.699. The molecular weight excluding hydrogens is 203 g/mol. The van der Waals surface area contributed by atoms with Crippen molar-refractivity contribution in [3.8, 4) is 0 Å². The maximum atomic E-state index is 11.8. The Bertz CT molecular complexity index is 221. The monoisotopic (exact) mass is 222 g/mol. The van der Waals surface area contributed by atoms with Gasteiger partial charge >= 0.3 is 8.25 Å². The predicted octanol–water partition coefficient (Wildman–Crippen LogP) is 2.17. The highest BCUT2D eigenvalue weighted by Gasteiger charge is 2.38.